The topological polar surface area (TPSA) is 128 Å². The molecular weight excluding hydrogens is 374 g/mol. The number of hydrogen-bond acceptors (Lipinski definition) is 6. The fraction of sp³-hybridized carbons (Fsp3) is 0.235. The highest BCUT2D eigenvalue weighted by Gasteiger charge is 2.20. The van der Waals surface area contributed by atoms with Crippen molar-refractivity contribution in [2.24, 2.45) is 0 Å². The van der Waals surface area contributed by atoms with Gasteiger partial charge in [-0.1, -0.05) is 6.07 Å². The average molecular weight is 393 g/mol. The number of sulfonamides is 1. The maximum absolute atomic E-state index is 12.4. The Morgan fingerprint density at radius 2 is 1.93 bits per heavy atom. The summed E-state index contributed by atoms with van der Waals surface area (Å²) in [6.45, 7) is 3.57. The number of nitrogens with zero attached hydrogens (tertiary/aromatic N) is 1. The van der Waals surface area contributed by atoms with Gasteiger partial charge < -0.3 is 10.1 Å². The molecule has 0 aliphatic carbocycles. The Bertz CT molecular complexity index is 988. The lowest BCUT2D eigenvalue weighted by atomic mass is 10.1. The molecule has 0 unspecified atom stereocenters. The molecule has 27 heavy (non-hydrogen) atoms. The molecule has 10 heteroatoms. The molecule has 0 aliphatic heterocycles. The summed E-state index contributed by atoms with van der Waals surface area (Å²) >= 11 is 0. The number of carbonyl (C=O) groups is 1. The first-order valence-corrected chi connectivity index (χ1v) is 9.44. The zero-order valence-electron chi connectivity index (χ0n) is 15.0. The molecule has 0 atom stereocenters. The Balaban J connectivity index is 2.34. The van der Waals surface area contributed by atoms with E-state index in [2.05, 4.69) is 10.0 Å². The summed E-state index contributed by atoms with van der Waals surface area (Å²) in [4.78, 5) is 23.0. The van der Waals surface area contributed by atoms with Gasteiger partial charge in [0.05, 0.1) is 16.4 Å². The predicted molar refractivity (Wildman–Crippen MR) is 99.6 cm³/mol. The molecule has 0 spiro atoms. The number of rotatable bonds is 7. The molecule has 2 N–H and O–H groups in total. The van der Waals surface area contributed by atoms with Crippen molar-refractivity contribution in [3.05, 3.63) is 57.6 Å². The van der Waals surface area contributed by atoms with Gasteiger partial charge >= 0.3 is 5.69 Å². The third kappa shape index (κ3) is 4.60. The van der Waals surface area contributed by atoms with Gasteiger partial charge in [0.2, 0.25) is 10.0 Å². The van der Waals surface area contributed by atoms with Crippen LogP contribution in [0.5, 0.6) is 5.75 Å². The van der Waals surface area contributed by atoms with Crippen LogP contribution in [-0.2, 0) is 10.0 Å². The minimum absolute atomic E-state index is 0.0282. The summed E-state index contributed by atoms with van der Waals surface area (Å²) in [6.07, 6.45) is 0. The van der Waals surface area contributed by atoms with Crippen LogP contribution in [0.15, 0.2) is 41.3 Å². The molecule has 144 valence electrons. The first-order chi connectivity index (χ1) is 12.7. The first kappa shape index (κ1) is 20.3. The van der Waals surface area contributed by atoms with E-state index in [1.807, 2.05) is 0 Å². The first-order valence-electron chi connectivity index (χ1n) is 7.96. The Morgan fingerprint density at radius 1 is 1.22 bits per heavy atom. The third-order valence-corrected chi connectivity index (χ3v) is 5.28. The fourth-order valence-corrected chi connectivity index (χ4v) is 3.35. The van der Waals surface area contributed by atoms with Crippen molar-refractivity contribution in [1.82, 2.24) is 4.72 Å². The van der Waals surface area contributed by atoms with Gasteiger partial charge in [-0.3, -0.25) is 14.9 Å². The van der Waals surface area contributed by atoms with E-state index in [0.717, 1.165) is 6.07 Å². The molecule has 0 saturated carbocycles. The standard InChI is InChI=1S/C17H19N3O6S/c1-4-26-15-8-6-12(9-14(15)20(22)23)17(21)19-13-7-5-11(2)16(10-13)27(24,25)18-3/h5-10,18H,4H2,1-3H3,(H,19,21). The van der Waals surface area contributed by atoms with Crippen molar-refractivity contribution < 1.29 is 22.9 Å². The molecule has 9 nitrogen and oxygen atoms in total. The number of nitro groups is 1. The van der Waals surface area contributed by atoms with Gasteiger partial charge in [0.1, 0.15) is 0 Å². The maximum atomic E-state index is 12.4. The summed E-state index contributed by atoms with van der Waals surface area (Å²) in [6, 6.07) is 8.28. The normalized spacial score (nSPS) is 11.1. The Labute approximate surface area is 156 Å². The smallest absolute Gasteiger partial charge is 0.311 e. The molecule has 0 aromatic heterocycles. The predicted octanol–water partition coefficient (Wildman–Crippen LogP) is 2.46. The number of benzene rings is 2. The summed E-state index contributed by atoms with van der Waals surface area (Å²) in [5.74, 6) is -0.547. The fourth-order valence-electron chi connectivity index (χ4n) is 2.36. The minimum Gasteiger partial charge on any atom is -0.487 e. The van der Waals surface area contributed by atoms with E-state index in [1.165, 1.54) is 25.2 Å². The largest absolute Gasteiger partial charge is 0.487 e. The highest BCUT2D eigenvalue weighted by Crippen LogP contribution is 2.28. The molecule has 0 radical (unpaired) electrons. The molecule has 0 bridgehead atoms. The molecule has 0 heterocycles. The van der Waals surface area contributed by atoms with Gasteiger partial charge in [-0.05, 0) is 50.7 Å². The zero-order chi connectivity index (χ0) is 20.2. The molecule has 2 rings (SSSR count). The lowest BCUT2D eigenvalue weighted by Crippen LogP contribution is -2.20. The van der Waals surface area contributed by atoms with Crippen LogP contribution in [0.25, 0.3) is 0 Å². The van der Waals surface area contributed by atoms with Crippen molar-refractivity contribution in [2.45, 2.75) is 18.7 Å². The number of hydrogen-bond donors (Lipinski definition) is 2. The van der Waals surface area contributed by atoms with E-state index in [4.69, 9.17) is 4.74 Å². The number of nitro benzene ring substituents is 1. The van der Waals surface area contributed by atoms with E-state index in [9.17, 15) is 23.3 Å². The quantitative estimate of drug-likeness (QED) is 0.549. The van der Waals surface area contributed by atoms with Crippen molar-refractivity contribution >= 4 is 27.3 Å². The Hall–Kier alpha value is -2.98. The number of nitrogens with one attached hydrogen (secondary N) is 2. The lowest BCUT2D eigenvalue weighted by Gasteiger charge is -2.11. The average Bonchev–Trinajstić information content (AvgIpc) is 2.63. The summed E-state index contributed by atoms with van der Waals surface area (Å²) in [7, 11) is -2.40. The van der Waals surface area contributed by atoms with Crippen LogP contribution < -0.4 is 14.8 Å². The molecule has 1 amide bonds. The van der Waals surface area contributed by atoms with Gasteiger partial charge in [-0.25, -0.2) is 13.1 Å². The molecule has 0 fully saturated rings. The number of carbonyl (C=O) groups excluding carboxylic acids is 1. The van der Waals surface area contributed by atoms with Crippen molar-refractivity contribution in [1.29, 1.82) is 0 Å². The number of amides is 1. The number of anilines is 1. The van der Waals surface area contributed by atoms with Crippen molar-refractivity contribution in [3.63, 3.8) is 0 Å². The van der Waals surface area contributed by atoms with Crippen molar-refractivity contribution in [2.75, 3.05) is 19.0 Å². The van der Waals surface area contributed by atoms with E-state index >= 15 is 0 Å². The molecule has 0 saturated heterocycles. The monoisotopic (exact) mass is 393 g/mol. The van der Waals surface area contributed by atoms with Crippen LogP contribution in [0.1, 0.15) is 22.8 Å². The second-order valence-corrected chi connectivity index (χ2v) is 7.37. The molecular formula is C17H19N3O6S. The summed E-state index contributed by atoms with van der Waals surface area (Å²) < 4.78 is 31.5. The minimum atomic E-state index is -3.69. The van der Waals surface area contributed by atoms with Gasteiger partial charge in [0.15, 0.2) is 5.75 Å². The molecule has 2 aromatic carbocycles. The Morgan fingerprint density at radius 3 is 2.52 bits per heavy atom. The highest BCUT2D eigenvalue weighted by molar-refractivity contribution is 7.89. The number of aryl methyl sites for hydroxylation is 1. The van der Waals surface area contributed by atoms with Crippen LogP contribution in [-0.4, -0.2) is 32.9 Å². The van der Waals surface area contributed by atoms with Gasteiger partial charge in [-0.15, -0.1) is 0 Å². The van der Waals surface area contributed by atoms with Crippen LogP contribution in [0, 0.1) is 17.0 Å². The van der Waals surface area contributed by atoms with E-state index in [0.29, 0.717) is 5.56 Å². The zero-order valence-corrected chi connectivity index (χ0v) is 15.8. The van der Waals surface area contributed by atoms with Crippen LogP contribution >= 0.6 is 0 Å². The summed E-state index contributed by atoms with van der Waals surface area (Å²) in [5.41, 5.74) is 0.477. The van der Waals surface area contributed by atoms with Gasteiger partial charge in [-0.2, -0.15) is 0 Å². The number of ether oxygens (including phenoxy) is 1. The summed E-state index contributed by atoms with van der Waals surface area (Å²) in [5, 5.41) is 13.7. The van der Waals surface area contributed by atoms with Crippen LogP contribution in [0.4, 0.5) is 11.4 Å². The highest BCUT2D eigenvalue weighted by atomic mass is 32.2. The van der Waals surface area contributed by atoms with Crippen LogP contribution in [0.2, 0.25) is 0 Å². The van der Waals surface area contributed by atoms with Gasteiger partial charge in [0.25, 0.3) is 5.91 Å². The lowest BCUT2D eigenvalue weighted by molar-refractivity contribution is -0.385. The second kappa shape index (κ2) is 8.14. The molecule has 2 aromatic rings. The van der Waals surface area contributed by atoms with Crippen LogP contribution in [0.3, 0.4) is 0 Å². The van der Waals surface area contributed by atoms with E-state index < -0.39 is 20.9 Å². The molecule has 0 aliphatic rings. The second-order valence-electron chi connectivity index (χ2n) is 5.51. The third-order valence-electron chi connectivity index (χ3n) is 3.72. The SMILES string of the molecule is CCOc1ccc(C(=O)Nc2ccc(C)c(S(=O)(=O)NC)c2)cc1[N+](=O)[O-]. The van der Waals surface area contributed by atoms with Crippen molar-refractivity contribution in [3.8, 4) is 5.75 Å². The van der Waals surface area contributed by atoms with E-state index in [-0.39, 0.29) is 34.2 Å². The van der Waals surface area contributed by atoms with E-state index in [1.54, 1.807) is 26.0 Å². The Kier molecular flexibility index (Phi) is 6.13. The maximum Gasteiger partial charge on any atom is 0.311 e. The van der Waals surface area contributed by atoms with Gasteiger partial charge in [0, 0.05) is 17.3 Å².